The van der Waals surface area contributed by atoms with Crippen molar-refractivity contribution in [3.05, 3.63) is 70.8 Å². The molecular weight excluding hydrogens is 849 g/mol. The topological polar surface area (TPSA) is 199 Å². The zero-order valence-corrected chi connectivity index (χ0v) is 39.5. The Morgan fingerprint density at radius 3 is 1.05 bits per heavy atom. The summed E-state index contributed by atoms with van der Waals surface area (Å²) in [6.07, 6.45) is 0.736. The van der Waals surface area contributed by atoms with Crippen LogP contribution >= 0.6 is 0 Å². The molecule has 0 spiro atoms. The first-order chi connectivity index (χ1) is 31.2. The summed E-state index contributed by atoms with van der Waals surface area (Å²) < 4.78 is 10.5. The van der Waals surface area contributed by atoms with Gasteiger partial charge in [0, 0.05) is 104 Å². The van der Waals surface area contributed by atoms with E-state index in [2.05, 4.69) is 10.6 Å². The Kier molecular flexibility index (Phi) is 17.9. The summed E-state index contributed by atoms with van der Waals surface area (Å²) in [5.74, 6) is -1.03. The Balaban J connectivity index is 0.952. The van der Waals surface area contributed by atoms with Gasteiger partial charge in [0.2, 0.25) is 35.4 Å². The molecule has 3 aliphatic rings. The van der Waals surface area contributed by atoms with Crippen LogP contribution in [0.4, 0.5) is 9.59 Å². The minimum atomic E-state index is -0.575. The largest absolute Gasteiger partial charge is 0.444 e. The van der Waals surface area contributed by atoms with Crippen molar-refractivity contribution < 1.29 is 47.8 Å². The number of hydrogen-bond acceptors (Lipinski definition) is 10. The zero-order valence-electron chi connectivity index (χ0n) is 39.5. The van der Waals surface area contributed by atoms with Gasteiger partial charge in [-0.3, -0.25) is 28.8 Å². The van der Waals surface area contributed by atoms with Gasteiger partial charge in [-0.2, -0.15) is 0 Å². The first-order valence-corrected chi connectivity index (χ1v) is 23.0. The maximum absolute atomic E-state index is 13.3. The number of hydrogen-bond donors (Lipinski definition) is 2. The molecule has 2 N–H and O–H groups in total. The van der Waals surface area contributed by atoms with Crippen LogP contribution in [0.3, 0.4) is 0 Å². The lowest BCUT2D eigenvalue weighted by atomic mass is 10.1. The van der Waals surface area contributed by atoms with Gasteiger partial charge in [-0.25, -0.2) is 9.59 Å². The normalized spacial score (nSPS) is 16.3. The minimum absolute atomic E-state index is 0.00469. The molecule has 3 fully saturated rings. The second-order valence-corrected chi connectivity index (χ2v) is 19.0. The quantitative estimate of drug-likeness (QED) is 0.284. The predicted octanol–water partition coefficient (Wildman–Crippen LogP) is 3.09. The Morgan fingerprint density at radius 1 is 0.455 bits per heavy atom. The van der Waals surface area contributed by atoms with Gasteiger partial charge >= 0.3 is 12.2 Å². The van der Waals surface area contributed by atoms with Gasteiger partial charge in [0.05, 0.1) is 13.1 Å². The van der Waals surface area contributed by atoms with Crippen molar-refractivity contribution in [3.8, 4) is 0 Å². The van der Waals surface area contributed by atoms with Crippen LogP contribution in [0.15, 0.2) is 48.5 Å². The minimum Gasteiger partial charge on any atom is -0.444 e. The summed E-state index contributed by atoms with van der Waals surface area (Å²) in [6.45, 7) is 14.2. The van der Waals surface area contributed by atoms with Gasteiger partial charge in [-0.15, -0.1) is 0 Å². The van der Waals surface area contributed by atoms with Gasteiger partial charge in [0.1, 0.15) is 11.2 Å². The van der Waals surface area contributed by atoms with Crippen molar-refractivity contribution in [2.75, 3.05) is 78.5 Å². The monoisotopic (exact) mass is 917 g/mol. The van der Waals surface area contributed by atoms with E-state index in [9.17, 15) is 38.4 Å². The van der Waals surface area contributed by atoms with E-state index in [-0.39, 0.29) is 74.5 Å². The molecule has 0 unspecified atom stereocenters. The Morgan fingerprint density at radius 2 is 0.742 bits per heavy atom. The Labute approximate surface area is 388 Å². The third kappa shape index (κ3) is 16.7. The van der Waals surface area contributed by atoms with E-state index in [1.165, 1.54) is 9.80 Å². The molecule has 5 rings (SSSR count). The second-order valence-electron chi connectivity index (χ2n) is 19.0. The summed E-state index contributed by atoms with van der Waals surface area (Å²) in [7, 11) is 0. The molecule has 360 valence electrons. The van der Waals surface area contributed by atoms with Crippen LogP contribution in [-0.2, 0) is 64.2 Å². The van der Waals surface area contributed by atoms with E-state index < -0.39 is 23.4 Å². The van der Waals surface area contributed by atoms with Crippen molar-refractivity contribution in [2.45, 2.75) is 104 Å². The first kappa shape index (κ1) is 50.8. The molecule has 0 bridgehead atoms. The lowest BCUT2D eigenvalue weighted by Gasteiger charge is -2.37. The van der Waals surface area contributed by atoms with Crippen molar-refractivity contribution >= 4 is 47.6 Å². The number of ether oxygens (including phenoxy) is 2. The summed E-state index contributed by atoms with van der Waals surface area (Å²) in [5.41, 5.74) is 2.66. The first-order valence-electron chi connectivity index (χ1n) is 23.0. The van der Waals surface area contributed by atoms with Crippen LogP contribution in [0.5, 0.6) is 0 Å². The number of nitrogens with one attached hydrogen (secondary N) is 2. The number of piperazine rings is 2. The highest BCUT2D eigenvalue weighted by molar-refractivity contribution is 5.89. The molecule has 2 aromatic carbocycles. The molecule has 0 saturated carbocycles. The molecular formula is C48H68N8O10. The number of nitrogens with zero attached hydrogens (tertiary/aromatic N) is 6. The smallest absolute Gasteiger partial charge is 0.407 e. The van der Waals surface area contributed by atoms with Gasteiger partial charge < -0.3 is 49.5 Å². The second kappa shape index (κ2) is 23.3. The number of aryl methyl sites for hydroxylation is 2. The van der Waals surface area contributed by atoms with Gasteiger partial charge in [-0.1, -0.05) is 48.5 Å². The highest BCUT2D eigenvalue weighted by Crippen LogP contribution is 2.15. The van der Waals surface area contributed by atoms with E-state index >= 15 is 0 Å². The fourth-order valence-electron chi connectivity index (χ4n) is 7.74. The number of carbonyl (C=O) groups excluding carboxylic acids is 8. The average molecular weight is 917 g/mol. The lowest BCUT2D eigenvalue weighted by Crippen LogP contribution is -2.55. The van der Waals surface area contributed by atoms with Gasteiger partial charge in [0.15, 0.2) is 0 Å². The summed E-state index contributed by atoms with van der Waals surface area (Å²) in [6, 6.07) is 15.4. The van der Waals surface area contributed by atoms with Crippen molar-refractivity contribution in [2.24, 2.45) is 0 Å². The van der Waals surface area contributed by atoms with E-state index in [1.807, 2.05) is 48.5 Å². The highest BCUT2D eigenvalue weighted by Gasteiger charge is 2.31. The van der Waals surface area contributed by atoms with E-state index in [4.69, 9.17) is 9.47 Å². The fraction of sp³-hybridized carbons (Fsp3) is 0.583. The van der Waals surface area contributed by atoms with E-state index in [0.29, 0.717) is 91.1 Å². The SMILES string of the molecule is CC(C)(C)OC(=O)NCc1ccc(CCC(=O)N2CCN(C(=O)CN3CCC(=O)N(CC(=O)N4CCN(C(=O)CCc5ccc(CNC(=O)OC(C)(C)C)cc5)CC4)CCC3=O)CC2)cc1. The molecule has 0 radical (unpaired) electrons. The Hall–Kier alpha value is -6.20. The molecule has 2 aromatic rings. The molecule has 0 aliphatic carbocycles. The van der Waals surface area contributed by atoms with Crippen LogP contribution in [0.2, 0.25) is 0 Å². The zero-order chi connectivity index (χ0) is 48.0. The number of alkyl carbamates (subject to hydrolysis) is 2. The molecule has 18 heteroatoms. The number of carbonyl (C=O) groups is 8. The number of rotatable bonds is 14. The Bertz CT molecular complexity index is 1890. The molecule has 3 saturated heterocycles. The molecule has 3 heterocycles. The number of benzene rings is 2. The number of amides is 8. The summed E-state index contributed by atoms with van der Waals surface area (Å²) in [4.78, 5) is 113. The van der Waals surface area contributed by atoms with Crippen molar-refractivity contribution in [1.29, 1.82) is 0 Å². The molecule has 8 amide bonds. The maximum Gasteiger partial charge on any atom is 0.407 e. The lowest BCUT2D eigenvalue weighted by molar-refractivity contribution is -0.148. The van der Waals surface area contributed by atoms with Crippen molar-refractivity contribution in [1.82, 2.24) is 40.0 Å². The molecule has 0 atom stereocenters. The van der Waals surface area contributed by atoms with Crippen LogP contribution in [0.1, 0.15) is 89.5 Å². The maximum atomic E-state index is 13.3. The summed E-state index contributed by atoms with van der Waals surface area (Å²) >= 11 is 0. The third-order valence-corrected chi connectivity index (χ3v) is 11.5. The van der Waals surface area contributed by atoms with Crippen LogP contribution < -0.4 is 10.6 Å². The fourth-order valence-corrected chi connectivity index (χ4v) is 7.74. The predicted molar refractivity (Wildman–Crippen MR) is 244 cm³/mol. The molecule has 3 aliphatic heterocycles. The van der Waals surface area contributed by atoms with Gasteiger partial charge in [0.25, 0.3) is 0 Å². The standard InChI is InChI=1S/C48H68N8O10/c1-47(2,3)65-45(63)49-31-37-11-7-35(8-12-37)15-17-39(57)51-23-27-53(28-24-51)43(61)33-55-21-19-42(60)56(22-20-41(55)59)34-44(62)54-29-25-52(26-30-54)40(58)18-16-36-9-13-38(14-10-36)32-50-46(64)66-48(4,5)6/h7-14H,15-34H2,1-6H3,(H,49,63)(H,50,64). The summed E-state index contributed by atoms with van der Waals surface area (Å²) in [5, 5.41) is 5.46. The molecule has 0 aromatic heterocycles. The van der Waals surface area contributed by atoms with Crippen LogP contribution in [0, 0.1) is 0 Å². The van der Waals surface area contributed by atoms with E-state index in [0.717, 1.165) is 22.3 Å². The van der Waals surface area contributed by atoms with E-state index in [1.54, 1.807) is 61.1 Å². The average Bonchev–Trinajstić information content (AvgIpc) is 3.27. The highest BCUT2D eigenvalue weighted by atomic mass is 16.6. The van der Waals surface area contributed by atoms with Crippen LogP contribution in [-0.4, -0.2) is 167 Å². The van der Waals surface area contributed by atoms with Crippen LogP contribution in [0.25, 0.3) is 0 Å². The molecule has 18 nitrogen and oxygen atoms in total. The molecule has 66 heavy (non-hydrogen) atoms. The third-order valence-electron chi connectivity index (χ3n) is 11.5. The van der Waals surface area contributed by atoms with Gasteiger partial charge in [-0.05, 0) is 76.6 Å². The van der Waals surface area contributed by atoms with Crippen molar-refractivity contribution in [3.63, 3.8) is 0 Å².